The van der Waals surface area contributed by atoms with Gasteiger partial charge in [-0.1, -0.05) is 37.6 Å². The molecule has 3 aromatic rings. The Morgan fingerprint density at radius 2 is 1.89 bits per heavy atom. The summed E-state index contributed by atoms with van der Waals surface area (Å²) in [4.78, 5) is 4.45. The van der Waals surface area contributed by atoms with Crippen molar-refractivity contribution in [3.63, 3.8) is 0 Å². The number of anilines is 1. The zero-order valence-electron chi connectivity index (χ0n) is 17.0. The van der Waals surface area contributed by atoms with Crippen LogP contribution >= 0.6 is 12.2 Å². The number of ether oxygens (including phenoxy) is 1. The van der Waals surface area contributed by atoms with Gasteiger partial charge in [-0.15, -0.1) is 0 Å². The number of fused-ring (bicyclic) bond motifs is 1. The summed E-state index contributed by atoms with van der Waals surface area (Å²) in [6, 6.07) is 14.5. The Kier molecular flexibility index (Phi) is 6.15. The second-order valence-electron chi connectivity index (χ2n) is 7.40. The molecule has 0 saturated carbocycles. The number of nitrogens with zero attached hydrogens (tertiary/aromatic N) is 1. The Bertz CT molecular complexity index is 1000. The Morgan fingerprint density at radius 3 is 2.57 bits per heavy atom. The van der Waals surface area contributed by atoms with Gasteiger partial charge in [-0.25, -0.2) is 0 Å². The summed E-state index contributed by atoms with van der Waals surface area (Å²) in [5, 5.41) is 8.41. The molecule has 2 aromatic carbocycles. The number of hydrogen-bond acceptors (Lipinski definition) is 3. The highest BCUT2D eigenvalue weighted by Gasteiger charge is 2.19. The van der Waals surface area contributed by atoms with Gasteiger partial charge >= 0.3 is 0 Å². The number of pyridine rings is 1. The molecule has 0 bridgehead atoms. The van der Waals surface area contributed by atoms with Crippen LogP contribution in [0.25, 0.3) is 10.9 Å². The molecular formula is C23H27N3OS. The standard InChI is InChI=1S/C23H27N3OS/c1-14(2)21(17-9-8-15(3)13-16(17)4)26-23(28)25-19-10-11-20(27-5)22-18(19)7-6-12-24-22/h6-14,21H,1-5H3,(H2,25,26,28)/t21-/m0/s1. The van der Waals surface area contributed by atoms with Crippen molar-refractivity contribution in [1.29, 1.82) is 0 Å². The monoisotopic (exact) mass is 393 g/mol. The number of methoxy groups -OCH3 is 1. The van der Waals surface area contributed by atoms with Crippen molar-refractivity contribution in [2.24, 2.45) is 5.92 Å². The first-order chi connectivity index (χ1) is 13.4. The molecule has 146 valence electrons. The van der Waals surface area contributed by atoms with E-state index in [2.05, 4.69) is 61.5 Å². The number of thiocarbonyl (C=S) groups is 1. The van der Waals surface area contributed by atoms with Gasteiger partial charge in [0.05, 0.1) is 13.2 Å². The highest BCUT2D eigenvalue weighted by Crippen LogP contribution is 2.30. The molecule has 0 unspecified atom stereocenters. The van der Waals surface area contributed by atoms with Crippen LogP contribution in [-0.4, -0.2) is 17.2 Å². The lowest BCUT2D eigenvalue weighted by Gasteiger charge is -2.26. The predicted octanol–water partition coefficient (Wildman–Crippen LogP) is 5.54. The van der Waals surface area contributed by atoms with Gasteiger partial charge in [0.1, 0.15) is 11.3 Å². The van der Waals surface area contributed by atoms with E-state index in [4.69, 9.17) is 17.0 Å². The highest BCUT2D eigenvalue weighted by atomic mass is 32.1. The molecule has 0 saturated heterocycles. The third-order valence-electron chi connectivity index (χ3n) is 4.91. The van der Waals surface area contributed by atoms with Crippen molar-refractivity contribution in [3.05, 3.63) is 65.4 Å². The van der Waals surface area contributed by atoms with Crippen LogP contribution in [0.15, 0.2) is 48.7 Å². The van der Waals surface area contributed by atoms with Gasteiger partial charge in [-0.3, -0.25) is 4.98 Å². The molecule has 1 aromatic heterocycles. The smallest absolute Gasteiger partial charge is 0.171 e. The molecule has 4 nitrogen and oxygen atoms in total. The third-order valence-corrected chi connectivity index (χ3v) is 5.13. The van der Waals surface area contributed by atoms with Crippen molar-refractivity contribution in [1.82, 2.24) is 10.3 Å². The fourth-order valence-electron chi connectivity index (χ4n) is 3.50. The number of aryl methyl sites for hydroxylation is 2. The Labute approximate surface area is 172 Å². The van der Waals surface area contributed by atoms with E-state index < -0.39 is 0 Å². The van der Waals surface area contributed by atoms with Gasteiger partial charge < -0.3 is 15.4 Å². The van der Waals surface area contributed by atoms with Gasteiger partial charge in [0.15, 0.2) is 5.11 Å². The van der Waals surface area contributed by atoms with Crippen LogP contribution in [0, 0.1) is 19.8 Å². The molecule has 0 fully saturated rings. The summed E-state index contributed by atoms with van der Waals surface area (Å²) in [5.74, 6) is 1.13. The number of hydrogen-bond donors (Lipinski definition) is 2. The summed E-state index contributed by atoms with van der Waals surface area (Å²) in [5.41, 5.74) is 5.53. The maximum atomic E-state index is 5.65. The SMILES string of the molecule is COc1ccc(NC(=S)N[C@H](c2ccc(C)cc2C)C(C)C)c2cccnc12. The summed E-state index contributed by atoms with van der Waals surface area (Å²) in [7, 11) is 1.65. The maximum Gasteiger partial charge on any atom is 0.171 e. The Hall–Kier alpha value is -2.66. The minimum absolute atomic E-state index is 0.128. The fraction of sp³-hybridized carbons (Fsp3) is 0.304. The number of rotatable bonds is 5. The summed E-state index contributed by atoms with van der Waals surface area (Å²) in [6.07, 6.45) is 1.76. The average Bonchev–Trinajstić information content (AvgIpc) is 2.67. The molecule has 1 atom stereocenters. The zero-order valence-corrected chi connectivity index (χ0v) is 17.9. The van der Waals surface area contributed by atoms with Crippen molar-refractivity contribution < 1.29 is 4.74 Å². The molecule has 0 aliphatic carbocycles. The van der Waals surface area contributed by atoms with Crippen LogP contribution in [-0.2, 0) is 0 Å². The first-order valence-corrected chi connectivity index (χ1v) is 9.88. The summed E-state index contributed by atoms with van der Waals surface area (Å²) in [6.45, 7) is 8.67. The van der Waals surface area contributed by atoms with Crippen LogP contribution in [0.2, 0.25) is 0 Å². The predicted molar refractivity (Wildman–Crippen MR) is 121 cm³/mol. The minimum atomic E-state index is 0.128. The van der Waals surface area contributed by atoms with Gasteiger partial charge in [0, 0.05) is 17.3 Å². The van der Waals surface area contributed by atoms with Crippen LogP contribution in [0.5, 0.6) is 5.75 Å². The highest BCUT2D eigenvalue weighted by molar-refractivity contribution is 7.80. The zero-order chi connectivity index (χ0) is 20.3. The molecule has 0 amide bonds. The molecule has 0 spiro atoms. The molecule has 5 heteroatoms. The van der Waals surface area contributed by atoms with Crippen molar-refractivity contribution in [2.45, 2.75) is 33.7 Å². The maximum absolute atomic E-state index is 5.65. The lowest BCUT2D eigenvalue weighted by molar-refractivity contribution is 0.419. The van der Waals surface area contributed by atoms with Gasteiger partial charge in [0.2, 0.25) is 0 Å². The second kappa shape index (κ2) is 8.57. The molecule has 2 N–H and O–H groups in total. The topological polar surface area (TPSA) is 46.2 Å². The molecule has 0 aliphatic heterocycles. The fourth-order valence-corrected chi connectivity index (χ4v) is 3.74. The van der Waals surface area contributed by atoms with Gasteiger partial charge in [-0.05, 0) is 67.4 Å². The molecule has 0 aliphatic rings. The summed E-state index contributed by atoms with van der Waals surface area (Å²) < 4.78 is 5.43. The quantitative estimate of drug-likeness (QED) is 0.557. The minimum Gasteiger partial charge on any atom is -0.494 e. The van der Waals surface area contributed by atoms with Gasteiger partial charge in [0.25, 0.3) is 0 Å². The van der Waals surface area contributed by atoms with E-state index in [-0.39, 0.29) is 6.04 Å². The molecule has 1 heterocycles. The number of aromatic nitrogens is 1. The average molecular weight is 394 g/mol. The van der Waals surface area contributed by atoms with Crippen molar-refractivity contribution in [3.8, 4) is 5.75 Å². The first-order valence-electron chi connectivity index (χ1n) is 9.47. The van der Waals surface area contributed by atoms with E-state index in [1.807, 2.05) is 24.3 Å². The lowest BCUT2D eigenvalue weighted by Crippen LogP contribution is -2.35. The van der Waals surface area contributed by atoms with Gasteiger partial charge in [-0.2, -0.15) is 0 Å². The molecular weight excluding hydrogens is 366 g/mol. The van der Waals surface area contributed by atoms with Crippen LogP contribution in [0.1, 0.15) is 36.6 Å². The van der Waals surface area contributed by atoms with Crippen LogP contribution in [0.4, 0.5) is 5.69 Å². The van der Waals surface area contributed by atoms with Crippen LogP contribution < -0.4 is 15.4 Å². The molecule has 28 heavy (non-hydrogen) atoms. The Morgan fingerprint density at radius 1 is 1.11 bits per heavy atom. The van der Waals surface area contributed by atoms with E-state index in [0.717, 1.165) is 22.3 Å². The van der Waals surface area contributed by atoms with Crippen LogP contribution in [0.3, 0.4) is 0 Å². The van der Waals surface area contributed by atoms with E-state index in [9.17, 15) is 0 Å². The van der Waals surface area contributed by atoms with E-state index in [1.54, 1.807) is 13.3 Å². The molecule has 3 rings (SSSR count). The number of nitrogens with one attached hydrogen (secondary N) is 2. The largest absolute Gasteiger partial charge is 0.494 e. The third kappa shape index (κ3) is 4.25. The molecule has 0 radical (unpaired) electrons. The number of benzene rings is 2. The normalized spacial score (nSPS) is 12.1. The first kappa shape index (κ1) is 20.1. The van der Waals surface area contributed by atoms with Crippen molar-refractivity contribution in [2.75, 3.05) is 12.4 Å². The summed E-state index contributed by atoms with van der Waals surface area (Å²) >= 11 is 5.65. The second-order valence-corrected chi connectivity index (χ2v) is 7.80. The van der Waals surface area contributed by atoms with E-state index in [1.165, 1.54) is 16.7 Å². The van der Waals surface area contributed by atoms with E-state index in [0.29, 0.717) is 11.0 Å². The Balaban J connectivity index is 1.85. The van der Waals surface area contributed by atoms with E-state index >= 15 is 0 Å². The lowest BCUT2D eigenvalue weighted by atomic mass is 9.92. The van der Waals surface area contributed by atoms with Crippen molar-refractivity contribution >= 4 is 33.9 Å².